The highest BCUT2D eigenvalue weighted by Gasteiger charge is 2.23. The molecule has 0 radical (unpaired) electrons. The number of hydrogen-bond acceptors (Lipinski definition) is 5. The molecule has 1 fully saturated rings. The smallest absolute Gasteiger partial charge is 0.361 e. The molecule has 0 atom stereocenters. The fourth-order valence-corrected chi connectivity index (χ4v) is 1.70. The van der Waals surface area contributed by atoms with Gasteiger partial charge in [-0.2, -0.15) is 0 Å². The van der Waals surface area contributed by atoms with E-state index in [2.05, 4.69) is 16.9 Å². The molecule has 102 valence electrons. The number of ether oxygens (including phenoxy) is 1. The van der Waals surface area contributed by atoms with E-state index in [4.69, 9.17) is 4.74 Å². The number of hydrogen-bond donors (Lipinski definition) is 0. The molecule has 1 aromatic rings. The van der Waals surface area contributed by atoms with Crippen molar-refractivity contribution in [2.75, 3.05) is 19.7 Å². The number of likely N-dealkylation sites (tertiary alicyclic amines) is 1. The average molecular weight is 264 g/mol. The molecule has 7 nitrogen and oxygen atoms in total. The van der Waals surface area contributed by atoms with Crippen LogP contribution in [-0.4, -0.2) is 51.5 Å². The fourth-order valence-electron chi connectivity index (χ4n) is 1.70. The Bertz CT molecular complexity index is 505. The molecule has 1 saturated heterocycles. The van der Waals surface area contributed by atoms with E-state index in [9.17, 15) is 9.59 Å². The van der Waals surface area contributed by atoms with E-state index in [0.717, 1.165) is 19.5 Å². The maximum absolute atomic E-state index is 11.8. The summed E-state index contributed by atoms with van der Waals surface area (Å²) in [6, 6.07) is 0. The first-order valence-electron chi connectivity index (χ1n) is 6.09. The third kappa shape index (κ3) is 2.81. The van der Waals surface area contributed by atoms with Gasteiger partial charge in [0.15, 0.2) is 5.69 Å². The summed E-state index contributed by atoms with van der Waals surface area (Å²) in [6.45, 7) is 6.96. The molecule has 1 aliphatic rings. The van der Waals surface area contributed by atoms with E-state index in [-0.39, 0.29) is 24.8 Å². The summed E-state index contributed by atoms with van der Waals surface area (Å²) in [5, 5.41) is 7.58. The Hall–Kier alpha value is -2.18. The van der Waals surface area contributed by atoms with E-state index in [1.54, 1.807) is 11.8 Å². The molecule has 0 aromatic carbocycles. The molecule has 1 aliphatic heterocycles. The lowest BCUT2D eigenvalue weighted by atomic mass is 10.2. The largest absolute Gasteiger partial charge is 0.457 e. The lowest BCUT2D eigenvalue weighted by Gasteiger charge is -2.30. The van der Waals surface area contributed by atoms with Crippen molar-refractivity contribution in [1.29, 1.82) is 0 Å². The van der Waals surface area contributed by atoms with Crippen LogP contribution in [0.3, 0.4) is 0 Å². The van der Waals surface area contributed by atoms with Gasteiger partial charge in [-0.1, -0.05) is 17.9 Å². The van der Waals surface area contributed by atoms with E-state index in [1.807, 2.05) is 0 Å². The zero-order chi connectivity index (χ0) is 13.8. The van der Waals surface area contributed by atoms with Gasteiger partial charge in [-0.05, 0) is 13.3 Å². The Labute approximate surface area is 110 Å². The Morgan fingerprint density at radius 3 is 2.79 bits per heavy atom. The van der Waals surface area contributed by atoms with Crippen molar-refractivity contribution in [1.82, 2.24) is 19.9 Å². The van der Waals surface area contributed by atoms with Crippen LogP contribution in [0.4, 0.5) is 0 Å². The van der Waals surface area contributed by atoms with E-state index in [0.29, 0.717) is 5.69 Å². The van der Waals surface area contributed by atoms with Crippen LogP contribution in [-0.2, 0) is 16.1 Å². The van der Waals surface area contributed by atoms with Crippen molar-refractivity contribution in [2.45, 2.75) is 19.9 Å². The van der Waals surface area contributed by atoms with Crippen LogP contribution < -0.4 is 0 Å². The van der Waals surface area contributed by atoms with Crippen molar-refractivity contribution in [2.24, 2.45) is 0 Å². The number of aromatic nitrogens is 3. The lowest BCUT2D eigenvalue weighted by Crippen LogP contribution is -2.43. The van der Waals surface area contributed by atoms with Crippen molar-refractivity contribution < 1.29 is 14.3 Å². The van der Waals surface area contributed by atoms with Crippen LogP contribution in [0, 0.1) is 6.92 Å². The van der Waals surface area contributed by atoms with E-state index >= 15 is 0 Å². The summed E-state index contributed by atoms with van der Waals surface area (Å²) in [6.07, 6.45) is 2.52. The highest BCUT2D eigenvalue weighted by molar-refractivity contribution is 5.88. The molecule has 1 amide bonds. The average Bonchev–Trinajstić information content (AvgIpc) is 2.66. The number of amides is 1. The number of rotatable bonds is 5. The van der Waals surface area contributed by atoms with Gasteiger partial charge in [-0.3, -0.25) is 4.79 Å². The molecule has 7 heteroatoms. The number of nitrogens with zero attached hydrogens (tertiary/aromatic N) is 4. The molecule has 0 spiro atoms. The SMILES string of the molecule is C=CCOC(=O)c1nnn(CC(=O)N2CCC2)c1C. The summed E-state index contributed by atoms with van der Waals surface area (Å²) in [4.78, 5) is 25.2. The molecular formula is C12H16N4O3. The highest BCUT2D eigenvalue weighted by atomic mass is 16.5. The van der Waals surface area contributed by atoms with Gasteiger partial charge in [0, 0.05) is 13.1 Å². The summed E-state index contributed by atoms with van der Waals surface area (Å²) >= 11 is 0. The van der Waals surface area contributed by atoms with Gasteiger partial charge in [0.05, 0.1) is 5.69 Å². The second-order valence-electron chi connectivity index (χ2n) is 4.30. The molecular weight excluding hydrogens is 248 g/mol. The topological polar surface area (TPSA) is 77.3 Å². The molecule has 0 aliphatic carbocycles. The first-order chi connectivity index (χ1) is 9.13. The molecule has 1 aromatic heterocycles. The number of esters is 1. The van der Waals surface area contributed by atoms with Crippen LogP contribution in [0.25, 0.3) is 0 Å². The van der Waals surface area contributed by atoms with Crippen molar-refractivity contribution >= 4 is 11.9 Å². The maximum Gasteiger partial charge on any atom is 0.361 e. The van der Waals surface area contributed by atoms with Gasteiger partial charge < -0.3 is 9.64 Å². The maximum atomic E-state index is 11.8. The first-order valence-corrected chi connectivity index (χ1v) is 6.09. The van der Waals surface area contributed by atoms with Crippen LogP contribution in [0.1, 0.15) is 22.6 Å². The normalized spacial score (nSPS) is 13.8. The minimum Gasteiger partial charge on any atom is -0.457 e. The zero-order valence-corrected chi connectivity index (χ0v) is 10.8. The predicted octanol–water partition coefficient (Wildman–Crippen LogP) is 0.162. The molecule has 0 saturated carbocycles. The Morgan fingerprint density at radius 2 is 2.21 bits per heavy atom. The van der Waals surface area contributed by atoms with Crippen molar-refractivity contribution in [3.63, 3.8) is 0 Å². The van der Waals surface area contributed by atoms with Crippen molar-refractivity contribution in [3.8, 4) is 0 Å². The Kier molecular flexibility index (Phi) is 3.94. The van der Waals surface area contributed by atoms with Crippen LogP contribution in [0.2, 0.25) is 0 Å². The van der Waals surface area contributed by atoms with Gasteiger partial charge in [0.1, 0.15) is 13.2 Å². The van der Waals surface area contributed by atoms with Gasteiger partial charge in [-0.25, -0.2) is 9.48 Å². The second kappa shape index (κ2) is 5.64. The molecule has 19 heavy (non-hydrogen) atoms. The third-order valence-corrected chi connectivity index (χ3v) is 3.00. The van der Waals surface area contributed by atoms with E-state index in [1.165, 1.54) is 10.8 Å². The summed E-state index contributed by atoms with van der Waals surface area (Å²) < 4.78 is 6.31. The molecule has 0 N–H and O–H groups in total. The quantitative estimate of drug-likeness (QED) is 0.559. The first kappa shape index (κ1) is 13.3. The molecule has 0 bridgehead atoms. The van der Waals surface area contributed by atoms with Gasteiger partial charge >= 0.3 is 5.97 Å². The predicted molar refractivity (Wildman–Crippen MR) is 66.4 cm³/mol. The van der Waals surface area contributed by atoms with E-state index < -0.39 is 5.97 Å². The fraction of sp³-hybridized carbons (Fsp3) is 0.500. The molecule has 2 rings (SSSR count). The molecule has 2 heterocycles. The second-order valence-corrected chi connectivity index (χ2v) is 4.30. The lowest BCUT2D eigenvalue weighted by molar-refractivity contribution is -0.135. The summed E-state index contributed by atoms with van der Waals surface area (Å²) in [7, 11) is 0. The minimum absolute atomic E-state index is 0.00902. The number of carbonyl (C=O) groups is 2. The Balaban J connectivity index is 2.02. The van der Waals surface area contributed by atoms with Crippen LogP contribution >= 0.6 is 0 Å². The zero-order valence-electron chi connectivity index (χ0n) is 10.8. The Morgan fingerprint density at radius 1 is 1.47 bits per heavy atom. The monoisotopic (exact) mass is 264 g/mol. The summed E-state index contributed by atoms with van der Waals surface area (Å²) in [5.41, 5.74) is 0.668. The van der Waals surface area contributed by atoms with Gasteiger partial charge in [0.25, 0.3) is 0 Å². The van der Waals surface area contributed by atoms with Gasteiger partial charge in [0.2, 0.25) is 5.91 Å². The summed E-state index contributed by atoms with van der Waals surface area (Å²) in [5.74, 6) is -0.565. The molecule has 0 unspecified atom stereocenters. The third-order valence-electron chi connectivity index (χ3n) is 3.00. The minimum atomic E-state index is -0.556. The number of carbonyl (C=O) groups excluding carboxylic acids is 2. The van der Waals surface area contributed by atoms with Crippen LogP contribution in [0.15, 0.2) is 12.7 Å². The van der Waals surface area contributed by atoms with Gasteiger partial charge in [-0.15, -0.1) is 5.10 Å². The standard InChI is InChI=1S/C12H16N4O3/c1-3-7-19-12(18)11-9(2)16(14-13-11)8-10(17)15-5-4-6-15/h3H,1,4-8H2,2H3. The van der Waals surface area contributed by atoms with Crippen LogP contribution in [0.5, 0.6) is 0 Å². The highest BCUT2D eigenvalue weighted by Crippen LogP contribution is 2.09. The van der Waals surface area contributed by atoms with Crippen molar-refractivity contribution in [3.05, 3.63) is 24.0 Å².